The predicted molar refractivity (Wildman–Crippen MR) is 70.7 cm³/mol. The molecule has 0 aromatic carbocycles. The molecule has 0 aromatic heterocycles. The van der Waals surface area contributed by atoms with E-state index in [1.807, 2.05) is 20.8 Å². The van der Waals surface area contributed by atoms with Crippen molar-refractivity contribution in [3.05, 3.63) is 0 Å². The molecule has 0 bridgehead atoms. The lowest BCUT2D eigenvalue weighted by Gasteiger charge is -2.31. The molecule has 0 aromatic rings. The molecule has 1 atom stereocenters. The quantitative estimate of drug-likeness (QED) is 0.832. The fourth-order valence-corrected chi connectivity index (χ4v) is 2.04. The van der Waals surface area contributed by atoms with E-state index in [4.69, 9.17) is 9.47 Å². The summed E-state index contributed by atoms with van der Waals surface area (Å²) in [6.07, 6.45) is 2.28. The molecule has 1 unspecified atom stereocenters. The largest absolute Gasteiger partial charge is 0.444 e. The molecule has 1 heterocycles. The zero-order valence-electron chi connectivity index (χ0n) is 12.0. The van der Waals surface area contributed by atoms with Crippen LogP contribution in [0.4, 0.5) is 4.79 Å². The lowest BCUT2D eigenvalue weighted by Crippen LogP contribution is -2.43. The van der Waals surface area contributed by atoms with Crippen molar-refractivity contribution in [1.82, 2.24) is 10.2 Å². The number of carbonyl (C=O) groups is 1. The van der Waals surface area contributed by atoms with E-state index in [0.29, 0.717) is 12.6 Å². The van der Waals surface area contributed by atoms with E-state index >= 15 is 0 Å². The highest BCUT2D eigenvalue weighted by Crippen LogP contribution is 2.11. The molecule has 0 spiro atoms. The lowest BCUT2D eigenvalue weighted by atomic mass is 10.1. The zero-order chi connectivity index (χ0) is 13.6. The standard InChI is InChI=1S/C13H26N2O3/c1-13(2,3)18-12(16)14-7-9-15-8-5-6-11(10-15)17-4/h11H,5-10H2,1-4H3,(H,14,16). The van der Waals surface area contributed by atoms with Gasteiger partial charge in [0.15, 0.2) is 0 Å². The minimum atomic E-state index is -0.434. The van der Waals surface area contributed by atoms with Crippen LogP contribution in [0.2, 0.25) is 0 Å². The molecule has 5 nitrogen and oxygen atoms in total. The van der Waals surface area contributed by atoms with E-state index in [1.165, 1.54) is 0 Å². The average molecular weight is 258 g/mol. The van der Waals surface area contributed by atoms with Crippen molar-refractivity contribution < 1.29 is 14.3 Å². The van der Waals surface area contributed by atoms with Crippen LogP contribution in [0.25, 0.3) is 0 Å². The number of alkyl carbamates (subject to hydrolysis) is 1. The number of hydrogen-bond donors (Lipinski definition) is 1. The number of likely N-dealkylation sites (tertiary alicyclic amines) is 1. The summed E-state index contributed by atoms with van der Waals surface area (Å²) in [6.45, 7) is 9.08. The van der Waals surface area contributed by atoms with Gasteiger partial charge in [0.1, 0.15) is 5.60 Å². The fraction of sp³-hybridized carbons (Fsp3) is 0.923. The van der Waals surface area contributed by atoms with Crippen LogP contribution in [0, 0.1) is 0 Å². The number of piperidine rings is 1. The monoisotopic (exact) mass is 258 g/mol. The van der Waals surface area contributed by atoms with Crippen molar-refractivity contribution in [1.29, 1.82) is 0 Å². The summed E-state index contributed by atoms with van der Waals surface area (Å²) in [6, 6.07) is 0. The summed E-state index contributed by atoms with van der Waals surface area (Å²) in [5.74, 6) is 0. The summed E-state index contributed by atoms with van der Waals surface area (Å²) in [7, 11) is 1.76. The number of carbonyl (C=O) groups excluding carboxylic acids is 1. The average Bonchev–Trinajstić information content (AvgIpc) is 2.27. The molecule has 0 saturated carbocycles. The van der Waals surface area contributed by atoms with Gasteiger partial charge in [-0.2, -0.15) is 0 Å². The Kier molecular flexibility index (Phi) is 5.88. The van der Waals surface area contributed by atoms with Gasteiger partial charge in [-0.25, -0.2) is 4.79 Å². The Balaban J connectivity index is 2.15. The van der Waals surface area contributed by atoms with E-state index in [9.17, 15) is 4.79 Å². The van der Waals surface area contributed by atoms with E-state index in [2.05, 4.69) is 10.2 Å². The van der Waals surface area contributed by atoms with Crippen molar-refractivity contribution >= 4 is 6.09 Å². The first kappa shape index (κ1) is 15.2. The number of methoxy groups -OCH3 is 1. The van der Waals surface area contributed by atoms with Crippen LogP contribution in [0.3, 0.4) is 0 Å². The number of amides is 1. The van der Waals surface area contributed by atoms with Gasteiger partial charge in [0.05, 0.1) is 6.10 Å². The van der Waals surface area contributed by atoms with Gasteiger partial charge in [-0.05, 0) is 40.2 Å². The molecular formula is C13H26N2O3. The van der Waals surface area contributed by atoms with Crippen LogP contribution in [0.15, 0.2) is 0 Å². The van der Waals surface area contributed by atoms with Crippen LogP contribution in [-0.2, 0) is 9.47 Å². The second-order valence-electron chi connectivity index (χ2n) is 5.73. The van der Waals surface area contributed by atoms with Gasteiger partial charge in [0.2, 0.25) is 0 Å². The Morgan fingerprint density at radius 3 is 2.78 bits per heavy atom. The molecule has 5 heteroatoms. The molecule has 0 aliphatic carbocycles. The second kappa shape index (κ2) is 6.95. The van der Waals surface area contributed by atoms with Gasteiger partial charge in [-0.3, -0.25) is 4.90 Å². The van der Waals surface area contributed by atoms with E-state index in [0.717, 1.165) is 32.5 Å². The van der Waals surface area contributed by atoms with E-state index in [1.54, 1.807) is 7.11 Å². The zero-order valence-corrected chi connectivity index (χ0v) is 12.0. The normalized spacial score (nSPS) is 21.7. The Morgan fingerprint density at radius 1 is 1.44 bits per heavy atom. The Bertz CT molecular complexity index is 263. The highest BCUT2D eigenvalue weighted by molar-refractivity contribution is 5.67. The summed E-state index contributed by atoms with van der Waals surface area (Å²) < 4.78 is 10.5. The van der Waals surface area contributed by atoms with E-state index < -0.39 is 5.60 Å². The van der Waals surface area contributed by atoms with E-state index in [-0.39, 0.29) is 6.09 Å². The summed E-state index contributed by atoms with van der Waals surface area (Å²) in [5.41, 5.74) is -0.434. The van der Waals surface area contributed by atoms with Gasteiger partial charge in [-0.1, -0.05) is 0 Å². The maximum absolute atomic E-state index is 11.4. The minimum absolute atomic E-state index is 0.334. The highest BCUT2D eigenvalue weighted by atomic mass is 16.6. The van der Waals surface area contributed by atoms with Crippen molar-refractivity contribution in [2.45, 2.75) is 45.3 Å². The Morgan fingerprint density at radius 2 is 2.17 bits per heavy atom. The first-order valence-corrected chi connectivity index (χ1v) is 6.63. The minimum Gasteiger partial charge on any atom is -0.444 e. The van der Waals surface area contributed by atoms with Crippen LogP contribution in [-0.4, -0.2) is 56.0 Å². The highest BCUT2D eigenvalue weighted by Gasteiger charge is 2.19. The third-order valence-electron chi connectivity index (χ3n) is 2.89. The molecule has 1 fully saturated rings. The smallest absolute Gasteiger partial charge is 0.407 e. The SMILES string of the molecule is COC1CCCN(CCNC(=O)OC(C)(C)C)C1. The number of nitrogens with one attached hydrogen (secondary N) is 1. The Hall–Kier alpha value is -0.810. The predicted octanol–water partition coefficient (Wildman–Crippen LogP) is 1.62. The molecule has 1 amide bonds. The topological polar surface area (TPSA) is 50.8 Å². The molecule has 106 valence electrons. The summed E-state index contributed by atoms with van der Waals surface area (Å²) >= 11 is 0. The van der Waals surface area contributed by atoms with Crippen molar-refractivity contribution in [3.8, 4) is 0 Å². The molecule has 1 aliphatic heterocycles. The van der Waals surface area contributed by atoms with Gasteiger partial charge < -0.3 is 14.8 Å². The molecule has 1 N–H and O–H groups in total. The summed E-state index contributed by atoms with van der Waals surface area (Å²) in [5, 5.41) is 2.78. The maximum atomic E-state index is 11.4. The third kappa shape index (κ3) is 6.21. The number of nitrogens with zero attached hydrogens (tertiary/aromatic N) is 1. The second-order valence-corrected chi connectivity index (χ2v) is 5.73. The van der Waals surface area contributed by atoms with Gasteiger partial charge in [-0.15, -0.1) is 0 Å². The van der Waals surface area contributed by atoms with Gasteiger partial charge in [0, 0.05) is 26.7 Å². The van der Waals surface area contributed by atoms with Crippen LogP contribution >= 0.6 is 0 Å². The van der Waals surface area contributed by atoms with Gasteiger partial charge >= 0.3 is 6.09 Å². The molecule has 1 rings (SSSR count). The third-order valence-corrected chi connectivity index (χ3v) is 2.89. The van der Waals surface area contributed by atoms with Crippen LogP contribution in [0.1, 0.15) is 33.6 Å². The molecular weight excluding hydrogens is 232 g/mol. The van der Waals surface area contributed by atoms with Crippen molar-refractivity contribution in [2.75, 3.05) is 33.3 Å². The van der Waals surface area contributed by atoms with Gasteiger partial charge in [0.25, 0.3) is 0 Å². The lowest BCUT2D eigenvalue weighted by molar-refractivity contribution is 0.0302. The molecule has 1 saturated heterocycles. The fourth-order valence-electron chi connectivity index (χ4n) is 2.04. The molecule has 1 aliphatic rings. The number of rotatable bonds is 4. The molecule has 18 heavy (non-hydrogen) atoms. The summed E-state index contributed by atoms with van der Waals surface area (Å²) in [4.78, 5) is 13.8. The van der Waals surface area contributed by atoms with Crippen molar-refractivity contribution in [3.63, 3.8) is 0 Å². The van der Waals surface area contributed by atoms with Crippen LogP contribution < -0.4 is 5.32 Å². The molecule has 0 radical (unpaired) electrons. The number of hydrogen-bond acceptors (Lipinski definition) is 4. The first-order valence-electron chi connectivity index (χ1n) is 6.63. The van der Waals surface area contributed by atoms with Crippen LogP contribution in [0.5, 0.6) is 0 Å². The van der Waals surface area contributed by atoms with Crippen molar-refractivity contribution in [2.24, 2.45) is 0 Å². The first-order chi connectivity index (χ1) is 8.40. The maximum Gasteiger partial charge on any atom is 0.407 e. The Labute approximate surface area is 110 Å². The number of ether oxygens (including phenoxy) is 2.